The maximum atomic E-state index is 4.85. The molecule has 2 aromatic heterocycles. The molecule has 124 valence electrons. The number of hydrogen-bond donors (Lipinski definition) is 2. The molecule has 0 saturated carbocycles. The lowest BCUT2D eigenvalue weighted by Crippen LogP contribution is -2.21. The number of rotatable bonds is 4. The van der Waals surface area contributed by atoms with Gasteiger partial charge in [0.1, 0.15) is 11.5 Å². The highest BCUT2D eigenvalue weighted by atomic mass is 15.3. The van der Waals surface area contributed by atoms with E-state index in [4.69, 9.17) is 9.97 Å². The monoisotopic (exact) mass is 321 g/mol. The number of aromatic amines is 1. The number of hydrogen-bond acceptors (Lipinski definition) is 4. The fourth-order valence-electron chi connectivity index (χ4n) is 3.33. The van der Waals surface area contributed by atoms with Crippen molar-refractivity contribution in [1.29, 1.82) is 0 Å². The highest BCUT2D eigenvalue weighted by Gasteiger charge is 2.19. The number of nitrogens with one attached hydrogen (secondary N) is 2. The van der Waals surface area contributed by atoms with Crippen LogP contribution >= 0.6 is 0 Å². The fourth-order valence-corrected chi connectivity index (χ4v) is 3.33. The molecule has 2 N–H and O–H groups in total. The third-order valence-corrected chi connectivity index (χ3v) is 4.65. The van der Waals surface area contributed by atoms with Gasteiger partial charge in [0.25, 0.3) is 0 Å². The highest BCUT2D eigenvalue weighted by Crippen LogP contribution is 2.28. The van der Waals surface area contributed by atoms with Gasteiger partial charge in [0.05, 0.1) is 5.39 Å². The summed E-state index contributed by atoms with van der Waals surface area (Å²) < 4.78 is 0. The minimum atomic E-state index is 0.186. The Balaban J connectivity index is 1.72. The zero-order valence-corrected chi connectivity index (χ0v) is 14.2. The Morgan fingerprint density at radius 2 is 1.88 bits per heavy atom. The Hall–Kier alpha value is -2.56. The number of aryl methyl sites for hydroxylation is 1. The van der Waals surface area contributed by atoms with Crippen molar-refractivity contribution in [2.24, 2.45) is 0 Å². The highest BCUT2D eigenvalue weighted by molar-refractivity contribution is 5.89. The van der Waals surface area contributed by atoms with Crippen LogP contribution in [0.2, 0.25) is 0 Å². The lowest BCUT2D eigenvalue weighted by molar-refractivity contribution is 0.863. The maximum absolute atomic E-state index is 4.85. The van der Waals surface area contributed by atoms with Gasteiger partial charge in [-0.1, -0.05) is 30.3 Å². The predicted molar refractivity (Wildman–Crippen MR) is 98.6 cm³/mol. The first-order chi connectivity index (χ1) is 11.7. The van der Waals surface area contributed by atoms with Gasteiger partial charge in [-0.05, 0) is 38.3 Å². The first-order valence-electron chi connectivity index (χ1n) is 8.64. The van der Waals surface area contributed by atoms with E-state index in [0.29, 0.717) is 0 Å². The van der Waals surface area contributed by atoms with Crippen LogP contribution < -0.4 is 10.2 Å². The van der Waals surface area contributed by atoms with Crippen molar-refractivity contribution >= 4 is 22.8 Å². The quantitative estimate of drug-likeness (QED) is 0.761. The minimum Gasteiger partial charge on any atom is -0.363 e. The normalized spacial score (nSPS) is 15.8. The topological polar surface area (TPSA) is 56.8 Å². The summed E-state index contributed by atoms with van der Waals surface area (Å²) >= 11 is 0. The van der Waals surface area contributed by atoms with Crippen LogP contribution in [0.25, 0.3) is 11.0 Å². The van der Waals surface area contributed by atoms with Crippen LogP contribution in [0.15, 0.2) is 36.4 Å². The van der Waals surface area contributed by atoms with Crippen molar-refractivity contribution in [1.82, 2.24) is 15.0 Å². The molecule has 1 unspecified atom stereocenters. The van der Waals surface area contributed by atoms with Crippen LogP contribution in [-0.4, -0.2) is 28.0 Å². The number of anilines is 2. The van der Waals surface area contributed by atoms with E-state index in [2.05, 4.69) is 59.4 Å². The summed E-state index contributed by atoms with van der Waals surface area (Å²) in [5.41, 5.74) is 3.26. The average Bonchev–Trinajstić information content (AvgIpc) is 3.24. The molecule has 1 fully saturated rings. The summed E-state index contributed by atoms with van der Waals surface area (Å²) in [6.45, 7) is 6.30. The van der Waals surface area contributed by atoms with Crippen molar-refractivity contribution in [3.8, 4) is 0 Å². The molecule has 1 atom stereocenters. The van der Waals surface area contributed by atoms with E-state index in [1.54, 1.807) is 0 Å². The molecule has 24 heavy (non-hydrogen) atoms. The number of H-pyrrole nitrogens is 1. The minimum absolute atomic E-state index is 0.186. The second-order valence-corrected chi connectivity index (χ2v) is 6.56. The molecule has 5 nitrogen and oxygen atoms in total. The van der Waals surface area contributed by atoms with Gasteiger partial charge in [0.15, 0.2) is 0 Å². The van der Waals surface area contributed by atoms with Crippen LogP contribution in [0.1, 0.15) is 37.1 Å². The Labute approximate surface area is 142 Å². The largest absolute Gasteiger partial charge is 0.363 e. The molecule has 4 rings (SSSR count). The molecule has 1 aliphatic heterocycles. The number of fused-ring (bicyclic) bond motifs is 1. The summed E-state index contributed by atoms with van der Waals surface area (Å²) in [4.78, 5) is 15.2. The zero-order valence-electron chi connectivity index (χ0n) is 14.2. The van der Waals surface area contributed by atoms with Gasteiger partial charge in [0.2, 0.25) is 5.95 Å². The predicted octanol–water partition coefficient (Wildman–Crippen LogP) is 4.04. The SMILES string of the molecule is Cc1cc2c(NC(C)c3ccccc3)nc(N3CCCC3)nc2[nH]1. The lowest BCUT2D eigenvalue weighted by Gasteiger charge is -2.19. The summed E-state index contributed by atoms with van der Waals surface area (Å²) in [6, 6.07) is 12.8. The Morgan fingerprint density at radius 3 is 2.62 bits per heavy atom. The molecule has 0 spiro atoms. The average molecular weight is 321 g/mol. The number of nitrogens with zero attached hydrogens (tertiary/aromatic N) is 3. The van der Waals surface area contributed by atoms with Crippen molar-refractivity contribution in [2.75, 3.05) is 23.3 Å². The summed E-state index contributed by atoms with van der Waals surface area (Å²) in [6.07, 6.45) is 2.43. The van der Waals surface area contributed by atoms with Crippen molar-refractivity contribution in [3.05, 3.63) is 47.7 Å². The molecule has 5 heteroatoms. The second-order valence-electron chi connectivity index (χ2n) is 6.56. The number of benzene rings is 1. The van der Waals surface area contributed by atoms with E-state index in [0.717, 1.165) is 41.6 Å². The lowest BCUT2D eigenvalue weighted by atomic mass is 10.1. The molecule has 3 heterocycles. The molecule has 0 amide bonds. The van der Waals surface area contributed by atoms with Gasteiger partial charge in [-0.2, -0.15) is 9.97 Å². The first-order valence-corrected chi connectivity index (χ1v) is 8.64. The molecule has 1 aliphatic rings. The van der Waals surface area contributed by atoms with Crippen LogP contribution in [0.5, 0.6) is 0 Å². The van der Waals surface area contributed by atoms with E-state index in [1.807, 2.05) is 6.07 Å². The zero-order chi connectivity index (χ0) is 16.5. The van der Waals surface area contributed by atoms with E-state index < -0.39 is 0 Å². The van der Waals surface area contributed by atoms with Gasteiger partial charge >= 0.3 is 0 Å². The fraction of sp³-hybridized carbons (Fsp3) is 0.368. The first kappa shape index (κ1) is 15.0. The Bertz CT molecular complexity index is 834. The van der Waals surface area contributed by atoms with E-state index in [-0.39, 0.29) is 6.04 Å². The van der Waals surface area contributed by atoms with Crippen LogP contribution in [0.4, 0.5) is 11.8 Å². The molecule has 0 radical (unpaired) electrons. The summed E-state index contributed by atoms with van der Waals surface area (Å²) in [7, 11) is 0. The summed E-state index contributed by atoms with van der Waals surface area (Å²) in [5, 5.41) is 4.63. The van der Waals surface area contributed by atoms with Crippen LogP contribution in [-0.2, 0) is 0 Å². The summed E-state index contributed by atoms with van der Waals surface area (Å²) in [5.74, 6) is 1.73. The molecule has 0 aliphatic carbocycles. The van der Waals surface area contributed by atoms with Crippen molar-refractivity contribution < 1.29 is 0 Å². The Kier molecular flexibility index (Phi) is 3.84. The second kappa shape index (κ2) is 6.15. The van der Waals surface area contributed by atoms with Crippen LogP contribution in [0, 0.1) is 6.92 Å². The van der Waals surface area contributed by atoms with Crippen LogP contribution in [0.3, 0.4) is 0 Å². The third-order valence-electron chi connectivity index (χ3n) is 4.65. The van der Waals surface area contributed by atoms with Gasteiger partial charge in [-0.15, -0.1) is 0 Å². The maximum Gasteiger partial charge on any atom is 0.229 e. The molecular weight excluding hydrogens is 298 g/mol. The van der Waals surface area contributed by atoms with E-state index >= 15 is 0 Å². The van der Waals surface area contributed by atoms with Gasteiger partial charge in [0, 0.05) is 24.8 Å². The Morgan fingerprint density at radius 1 is 1.12 bits per heavy atom. The van der Waals surface area contributed by atoms with E-state index in [1.165, 1.54) is 18.4 Å². The van der Waals surface area contributed by atoms with Gasteiger partial charge < -0.3 is 15.2 Å². The smallest absolute Gasteiger partial charge is 0.229 e. The molecule has 3 aromatic rings. The van der Waals surface area contributed by atoms with Gasteiger partial charge in [-0.25, -0.2) is 0 Å². The molecule has 1 aromatic carbocycles. The molecule has 1 saturated heterocycles. The van der Waals surface area contributed by atoms with E-state index in [9.17, 15) is 0 Å². The van der Waals surface area contributed by atoms with Crippen molar-refractivity contribution in [2.45, 2.75) is 32.7 Å². The standard InChI is InChI=1S/C19H23N5/c1-13-12-16-17(20-13)22-19(24-10-6-7-11-24)23-18(16)21-14(2)15-8-4-3-5-9-15/h3-5,8-9,12,14H,6-7,10-11H2,1-2H3,(H2,20,21,22,23). The van der Waals surface area contributed by atoms with Crippen molar-refractivity contribution in [3.63, 3.8) is 0 Å². The number of aromatic nitrogens is 3. The molecule has 0 bridgehead atoms. The molecular formula is C19H23N5. The van der Waals surface area contributed by atoms with Gasteiger partial charge in [-0.3, -0.25) is 0 Å². The third kappa shape index (κ3) is 2.82.